The number of nitrogens with two attached hydrogens (primary N) is 1. The lowest BCUT2D eigenvalue weighted by molar-refractivity contribution is 0.182. The van der Waals surface area contributed by atoms with Crippen molar-refractivity contribution in [3.8, 4) is 5.75 Å². The molecule has 0 aliphatic rings. The monoisotopic (exact) mass is 222 g/mol. The Morgan fingerprint density at radius 1 is 1.56 bits per heavy atom. The molecule has 5 nitrogen and oxygen atoms in total. The van der Waals surface area contributed by atoms with Crippen LogP contribution in [0.1, 0.15) is 17.6 Å². The van der Waals surface area contributed by atoms with Crippen molar-refractivity contribution >= 4 is 11.1 Å². The molecule has 3 N–H and O–H groups in total. The molecule has 1 heterocycles. The minimum absolute atomic E-state index is 0.138. The Bertz CT molecular complexity index is 507. The maximum absolute atomic E-state index is 9.74. The Morgan fingerprint density at radius 2 is 2.31 bits per heavy atom. The van der Waals surface area contributed by atoms with Gasteiger partial charge in [-0.05, 0) is 12.1 Å². The summed E-state index contributed by atoms with van der Waals surface area (Å²) in [7, 11) is 1.53. The molecule has 2 aromatic rings. The van der Waals surface area contributed by atoms with E-state index in [4.69, 9.17) is 14.9 Å². The van der Waals surface area contributed by atoms with E-state index in [-0.39, 0.29) is 6.54 Å². The first-order chi connectivity index (χ1) is 7.67. The Hall–Kier alpha value is -1.59. The minimum Gasteiger partial charge on any atom is -0.494 e. The number of aliphatic hydroxyl groups is 1. The number of benzene rings is 1. The Morgan fingerprint density at radius 3 is 2.94 bits per heavy atom. The van der Waals surface area contributed by atoms with Crippen molar-refractivity contribution in [1.82, 2.24) is 4.98 Å². The lowest BCUT2D eigenvalue weighted by Gasteiger charge is -2.12. The van der Waals surface area contributed by atoms with Gasteiger partial charge < -0.3 is 20.0 Å². The number of ether oxygens (including phenoxy) is 1. The first-order valence-electron chi connectivity index (χ1n) is 4.99. The fourth-order valence-corrected chi connectivity index (χ4v) is 1.70. The zero-order valence-corrected chi connectivity index (χ0v) is 9.23. The fraction of sp³-hybridized carbons (Fsp3) is 0.364. The third kappa shape index (κ3) is 1.64. The molecule has 0 saturated heterocycles. The van der Waals surface area contributed by atoms with Crippen LogP contribution in [0, 0.1) is 6.92 Å². The molecular formula is C11H14N2O3. The number of hydrogen-bond donors (Lipinski definition) is 2. The summed E-state index contributed by atoms with van der Waals surface area (Å²) in [5, 5.41) is 9.74. The van der Waals surface area contributed by atoms with Gasteiger partial charge in [0.25, 0.3) is 0 Å². The molecule has 16 heavy (non-hydrogen) atoms. The van der Waals surface area contributed by atoms with E-state index in [9.17, 15) is 5.11 Å². The van der Waals surface area contributed by atoms with Crippen LogP contribution in [0.25, 0.3) is 11.1 Å². The topological polar surface area (TPSA) is 81.5 Å². The molecule has 1 aromatic heterocycles. The highest BCUT2D eigenvalue weighted by atomic mass is 16.5. The highest BCUT2D eigenvalue weighted by molar-refractivity contribution is 5.81. The number of oxazole rings is 1. The first-order valence-corrected chi connectivity index (χ1v) is 4.99. The second-order valence-corrected chi connectivity index (χ2v) is 3.52. The van der Waals surface area contributed by atoms with Crippen LogP contribution in [0.4, 0.5) is 0 Å². The van der Waals surface area contributed by atoms with Crippen molar-refractivity contribution in [3.05, 3.63) is 23.6 Å². The zero-order chi connectivity index (χ0) is 11.7. The molecule has 1 aromatic carbocycles. The average Bonchev–Trinajstić information content (AvgIpc) is 2.66. The fourth-order valence-electron chi connectivity index (χ4n) is 1.70. The molecule has 5 heteroatoms. The summed E-state index contributed by atoms with van der Waals surface area (Å²) in [6, 6.07) is 3.50. The van der Waals surface area contributed by atoms with E-state index in [1.807, 2.05) is 0 Å². The molecule has 1 atom stereocenters. The summed E-state index contributed by atoms with van der Waals surface area (Å²) in [5.74, 6) is 1.08. The van der Waals surface area contributed by atoms with Gasteiger partial charge in [0.2, 0.25) is 0 Å². The van der Waals surface area contributed by atoms with Crippen LogP contribution in [0.15, 0.2) is 16.5 Å². The first kappa shape index (κ1) is 10.9. The Kier molecular flexibility index (Phi) is 2.80. The van der Waals surface area contributed by atoms with Crippen LogP contribution in [0.3, 0.4) is 0 Å². The van der Waals surface area contributed by atoms with E-state index >= 15 is 0 Å². The van der Waals surface area contributed by atoms with E-state index in [1.54, 1.807) is 19.1 Å². The van der Waals surface area contributed by atoms with Crippen LogP contribution >= 0.6 is 0 Å². The van der Waals surface area contributed by atoms with Crippen LogP contribution < -0.4 is 10.5 Å². The van der Waals surface area contributed by atoms with Gasteiger partial charge in [-0.15, -0.1) is 0 Å². The Balaban J connectivity index is 2.66. The lowest BCUT2D eigenvalue weighted by Crippen LogP contribution is -2.12. The van der Waals surface area contributed by atoms with Crippen molar-refractivity contribution in [1.29, 1.82) is 0 Å². The maximum Gasteiger partial charge on any atom is 0.192 e. The molecule has 0 fully saturated rings. The predicted octanol–water partition coefficient (Wildman–Crippen LogP) is 1.14. The lowest BCUT2D eigenvalue weighted by atomic mass is 10.1. The summed E-state index contributed by atoms with van der Waals surface area (Å²) < 4.78 is 10.6. The van der Waals surface area contributed by atoms with Gasteiger partial charge in [0.05, 0.1) is 13.2 Å². The van der Waals surface area contributed by atoms with Crippen LogP contribution in [-0.2, 0) is 0 Å². The normalized spacial score (nSPS) is 13.0. The molecule has 0 aliphatic carbocycles. The predicted molar refractivity (Wildman–Crippen MR) is 59.3 cm³/mol. The number of fused-ring (bicyclic) bond motifs is 1. The van der Waals surface area contributed by atoms with Crippen molar-refractivity contribution in [3.63, 3.8) is 0 Å². The molecule has 0 aliphatic heterocycles. The summed E-state index contributed by atoms with van der Waals surface area (Å²) in [5.41, 5.74) is 7.31. The van der Waals surface area contributed by atoms with Crippen LogP contribution in [0.5, 0.6) is 5.75 Å². The molecule has 2 rings (SSSR count). The highest BCUT2D eigenvalue weighted by Gasteiger charge is 2.17. The molecule has 0 saturated carbocycles. The molecule has 0 bridgehead atoms. The molecule has 0 spiro atoms. The third-order valence-corrected chi connectivity index (χ3v) is 2.44. The largest absolute Gasteiger partial charge is 0.494 e. The molecule has 0 amide bonds. The summed E-state index contributed by atoms with van der Waals surface area (Å²) in [6.07, 6.45) is -0.753. The quantitative estimate of drug-likeness (QED) is 0.813. The van der Waals surface area contributed by atoms with Gasteiger partial charge in [0.1, 0.15) is 0 Å². The number of rotatable bonds is 3. The highest BCUT2D eigenvalue weighted by Crippen LogP contribution is 2.33. The Labute approximate surface area is 92.8 Å². The van der Waals surface area contributed by atoms with Crippen molar-refractivity contribution in [2.24, 2.45) is 5.73 Å². The van der Waals surface area contributed by atoms with Crippen LogP contribution in [0.2, 0.25) is 0 Å². The van der Waals surface area contributed by atoms with Gasteiger partial charge in [-0.25, -0.2) is 4.98 Å². The van der Waals surface area contributed by atoms with Gasteiger partial charge in [0, 0.05) is 19.0 Å². The number of aromatic nitrogens is 1. The minimum atomic E-state index is -0.753. The number of nitrogens with zero attached hydrogens (tertiary/aromatic N) is 1. The number of aryl methyl sites for hydroxylation is 1. The van der Waals surface area contributed by atoms with Gasteiger partial charge in [-0.3, -0.25) is 0 Å². The van der Waals surface area contributed by atoms with E-state index < -0.39 is 6.10 Å². The second-order valence-electron chi connectivity index (χ2n) is 3.52. The zero-order valence-electron chi connectivity index (χ0n) is 9.23. The van der Waals surface area contributed by atoms with Crippen LogP contribution in [-0.4, -0.2) is 23.7 Å². The number of methoxy groups -OCH3 is 1. The second kappa shape index (κ2) is 4.11. The number of hydrogen-bond acceptors (Lipinski definition) is 5. The van der Waals surface area contributed by atoms with E-state index in [2.05, 4.69) is 4.98 Å². The SMILES string of the molecule is COc1c(C(O)CN)ccc2oc(C)nc12. The van der Waals surface area contributed by atoms with E-state index in [1.165, 1.54) is 7.11 Å². The maximum atomic E-state index is 9.74. The van der Waals surface area contributed by atoms with Crippen molar-refractivity contribution in [2.75, 3.05) is 13.7 Å². The van der Waals surface area contributed by atoms with Crippen molar-refractivity contribution < 1.29 is 14.3 Å². The number of aliphatic hydroxyl groups excluding tert-OH is 1. The van der Waals surface area contributed by atoms with Crippen molar-refractivity contribution in [2.45, 2.75) is 13.0 Å². The van der Waals surface area contributed by atoms with Gasteiger partial charge >= 0.3 is 0 Å². The van der Waals surface area contributed by atoms with E-state index in [0.29, 0.717) is 28.3 Å². The summed E-state index contributed by atoms with van der Waals surface area (Å²) in [4.78, 5) is 4.22. The van der Waals surface area contributed by atoms with E-state index in [0.717, 1.165) is 0 Å². The molecule has 0 radical (unpaired) electrons. The molecular weight excluding hydrogens is 208 g/mol. The van der Waals surface area contributed by atoms with Gasteiger partial charge in [-0.2, -0.15) is 0 Å². The molecule has 86 valence electrons. The smallest absolute Gasteiger partial charge is 0.192 e. The molecule has 1 unspecified atom stereocenters. The summed E-state index contributed by atoms with van der Waals surface area (Å²) in [6.45, 7) is 1.90. The third-order valence-electron chi connectivity index (χ3n) is 2.44. The average molecular weight is 222 g/mol. The van der Waals surface area contributed by atoms with Gasteiger partial charge in [0.15, 0.2) is 22.7 Å². The summed E-state index contributed by atoms with van der Waals surface area (Å²) >= 11 is 0. The standard InChI is InChI=1S/C11H14N2O3/c1-6-13-10-9(16-6)4-3-7(8(14)5-12)11(10)15-2/h3-4,8,14H,5,12H2,1-2H3. The van der Waals surface area contributed by atoms with Gasteiger partial charge in [-0.1, -0.05) is 0 Å².